The summed E-state index contributed by atoms with van der Waals surface area (Å²) in [4.78, 5) is 26.0. The Bertz CT molecular complexity index is 101. The molecular formula is C8H21O3P. The van der Waals surface area contributed by atoms with E-state index < -0.39 is 7.94 Å². The first-order chi connectivity index (χ1) is 5.56. The van der Waals surface area contributed by atoms with Gasteiger partial charge in [-0.25, -0.2) is 0 Å². The van der Waals surface area contributed by atoms with E-state index in [1.165, 1.54) is 19.3 Å². The van der Waals surface area contributed by atoms with Crippen LogP contribution in [-0.4, -0.2) is 20.8 Å². The van der Waals surface area contributed by atoms with E-state index in [-0.39, 0.29) is 6.16 Å². The van der Waals surface area contributed by atoms with Crippen LogP contribution in [0.15, 0.2) is 0 Å². The number of hydrogen-bond donors (Lipinski definition) is 3. The Balaban J connectivity index is 3.01. The van der Waals surface area contributed by atoms with Crippen LogP contribution in [0, 0.1) is 0 Å². The van der Waals surface area contributed by atoms with Gasteiger partial charge in [-0.05, 0) is 0 Å². The molecule has 0 heterocycles. The van der Waals surface area contributed by atoms with Crippen molar-refractivity contribution >= 4 is 7.94 Å². The van der Waals surface area contributed by atoms with Crippen LogP contribution >= 0.6 is 7.94 Å². The van der Waals surface area contributed by atoms with E-state index >= 15 is 0 Å². The van der Waals surface area contributed by atoms with Crippen molar-refractivity contribution in [3.63, 3.8) is 0 Å². The Morgan fingerprint density at radius 2 is 1.33 bits per heavy atom. The van der Waals surface area contributed by atoms with Crippen LogP contribution in [0.5, 0.6) is 0 Å². The molecule has 76 valence electrons. The Labute approximate surface area is 75.0 Å². The SMILES string of the molecule is CCCCCCCC[PH](O)(O)O. The standard InChI is InChI=1S/C8H21O3P/c1-2-3-4-5-6-7-8-12(9,10)11/h9-12H,2-8H2,1H3. The van der Waals surface area contributed by atoms with E-state index in [0.29, 0.717) is 0 Å². The van der Waals surface area contributed by atoms with Crippen molar-refractivity contribution in [2.24, 2.45) is 0 Å². The first kappa shape index (κ1) is 12.3. The van der Waals surface area contributed by atoms with Crippen molar-refractivity contribution in [3.05, 3.63) is 0 Å². The minimum atomic E-state index is -3.73. The molecule has 3 N–H and O–H groups in total. The summed E-state index contributed by atoms with van der Waals surface area (Å²) in [5, 5.41) is 0. The maximum atomic E-state index is 8.67. The van der Waals surface area contributed by atoms with Gasteiger partial charge in [-0.3, -0.25) is 0 Å². The van der Waals surface area contributed by atoms with Crippen LogP contribution < -0.4 is 0 Å². The number of hydrogen-bond acceptors (Lipinski definition) is 3. The minimum absolute atomic E-state index is 0.194. The molecule has 0 aliphatic rings. The van der Waals surface area contributed by atoms with Crippen LogP contribution in [0.4, 0.5) is 0 Å². The average Bonchev–Trinajstić information content (AvgIpc) is 1.94. The molecule has 3 nitrogen and oxygen atoms in total. The molecule has 0 spiro atoms. The van der Waals surface area contributed by atoms with Gasteiger partial charge in [-0.1, -0.05) is 0 Å². The molecule has 0 saturated heterocycles. The molecule has 0 unspecified atom stereocenters. The van der Waals surface area contributed by atoms with E-state index in [1.807, 2.05) is 0 Å². The van der Waals surface area contributed by atoms with Gasteiger partial charge in [-0.15, -0.1) is 0 Å². The second-order valence-electron chi connectivity index (χ2n) is 3.29. The first-order valence-electron chi connectivity index (χ1n) is 4.73. The van der Waals surface area contributed by atoms with E-state index in [9.17, 15) is 0 Å². The van der Waals surface area contributed by atoms with Gasteiger partial charge in [0.1, 0.15) is 0 Å². The molecule has 0 aromatic heterocycles. The molecule has 0 radical (unpaired) electrons. The molecule has 0 saturated carbocycles. The summed E-state index contributed by atoms with van der Waals surface area (Å²) in [5.74, 6) is 0. The molecule has 0 bridgehead atoms. The van der Waals surface area contributed by atoms with Gasteiger partial charge in [0.25, 0.3) is 0 Å². The van der Waals surface area contributed by atoms with Crippen LogP contribution in [-0.2, 0) is 0 Å². The molecule has 0 amide bonds. The molecule has 0 fully saturated rings. The third kappa shape index (κ3) is 10.3. The van der Waals surface area contributed by atoms with Crippen LogP contribution in [0.1, 0.15) is 45.4 Å². The Kier molecular flexibility index (Phi) is 6.96. The summed E-state index contributed by atoms with van der Waals surface area (Å²) in [6, 6.07) is 0. The van der Waals surface area contributed by atoms with E-state index in [2.05, 4.69) is 6.92 Å². The second kappa shape index (κ2) is 6.79. The van der Waals surface area contributed by atoms with E-state index in [0.717, 1.165) is 19.3 Å². The van der Waals surface area contributed by atoms with Gasteiger partial charge < -0.3 is 0 Å². The van der Waals surface area contributed by atoms with Crippen LogP contribution in [0.3, 0.4) is 0 Å². The zero-order chi connectivity index (χ0) is 9.45. The third-order valence-corrected chi connectivity index (χ3v) is 2.89. The van der Waals surface area contributed by atoms with Crippen molar-refractivity contribution in [1.29, 1.82) is 0 Å². The monoisotopic (exact) mass is 196 g/mol. The average molecular weight is 196 g/mol. The summed E-state index contributed by atoms with van der Waals surface area (Å²) in [6.07, 6.45) is 6.75. The van der Waals surface area contributed by atoms with Crippen molar-refractivity contribution in [2.45, 2.75) is 45.4 Å². The topological polar surface area (TPSA) is 60.7 Å². The van der Waals surface area contributed by atoms with Gasteiger partial charge in [-0.2, -0.15) is 0 Å². The fourth-order valence-electron chi connectivity index (χ4n) is 1.14. The summed E-state index contributed by atoms with van der Waals surface area (Å²) in [7, 11) is -3.73. The molecule has 0 rings (SSSR count). The van der Waals surface area contributed by atoms with E-state index in [1.54, 1.807) is 0 Å². The van der Waals surface area contributed by atoms with Gasteiger partial charge in [0, 0.05) is 0 Å². The molecule has 12 heavy (non-hydrogen) atoms. The Morgan fingerprint density at radius 3 is 1.83 bits per heavy atom. The second-order valence-corrected chi connectivity index (χ2v) is 5.34. The maximum absolute atomic E-state index is 8.67. The summed E-state index contributed by atoms with van der Waals surface area (Å²) < 4.78 is 0. The Hall–Kier alpha value is 0.310. The van der Waals surface area contributed by atoms with Gasteiger partial charge in [0.2, 0.25) is 0 Å². The molecule has 0 aliphatic heterocycles. The van der Waals surface area contributed by atoms with Crippen molar-refractivity contribution in [3.8, 4) is 0 Å². The van der Waals surface area contributed by atoms with Gasteiger partial charge >= 0.3 is 74.2 Å². The number of unbranched alkanes of at least 4 members (excludes halogenated alkanes) is 5. The number of rotatable bonds is 7. The molecule has 0 aromatic carbocycles. The van der Waals surface area contributed by atoms with Crippen molar-refractivity contribution in [2.75, 3.05) is 6.16 Å². The quantitative estimate of drug-likeness (QED) is 0.430. The fourth-order valence-corrected chi connectivity index (χ4v) is 1.87. The predicted molar refractivity (Wildman–Crippen MR) is 53.2 cm³/mol. The zero-order valence-corrected chi connectivity index (χ0v) is 8.79. The molecule has 0 atom stereocenters. The molecule has 4 heteroatoms. The first-order valence-corrected chi connectivity index (χ1v) is 6.78. The molecular weight excluding hydrogens is 175 g/mol. The van der Waals surface area contributed by atoms with Crippen LogP contribution in [0.2, 0.25) is 0 Å². The van der Waals surface area contributed by atoms with Crippen LogP contribution in [0.25, 0.3) is 0 Å². The normalized spacial score (nSPS) is 13.3. The third-order valence-electron chi connectivity index (χ3n) is 1.87. The van der Waals surface area contributed by atoms with Gasteiger partial charge in [0.05, 0.1) is 0 Å². The zero-order valence-electron chi connectivity index (χ0n) is 7.79. The van der Waals surface area contributed by atoms with Gasteiger partial charge in [0.15, 0.2) is 0 Å². The molecule has 0 aliphatic carbocycles. The molecule has 0 aromatic rings. The summed E-state index contributed by atoms with van der Waals surface area (Å²) in [6.45, 7) is 2.16. The van der Waals surface area contributed by atoms with E-state index in [4.69, 9.17) is 14.7 Å². The van der Waals surface area contributed by atoms with Crippen molar-refractivity contribution in [1.82, 2.24) is 0 Å². The summed E-state index contributed by atoms with van der Waals surface area (Å²) >= 11 is 0. The predicted octanol–water partition coefficient (Wildman–Crippen LogP) is 1.82. The Morgan fingerprint density at radius 1 is 0.833 bits per heavy atom. The fraction of sp³-hybridized carbons (Fsp3) is 1.00. The summed E-state index contributed by atoms with van der Waals surface area (Å²) in [5.41, 5.74) is 0. The van der Waals surface area contributed by atoms with Crippen molar-refractivity contribution < 1.29 is 14.7 Å².